The van der Waals surface area contributed by atoms with Crippen molar-refractivity contribution in [2.45, 2.75) is 65.6 Å². The Morgan fingerprint density at radius 2 is 2.14 bits per heavy atom. The lowest BCUT2D eigenvalue weighted by molar-refractivity contribution is -0.123. The molecule has 1 fully saturated rings. The highest BCUT2D eigenvalue weighted by atomic mass is 32.1. The van der Waals surface area contributed by atoms with Gasteiger partial charge in [0.1, 0.15) is 12.2 Å². The molecule has 0 radical (unpaired) electrons. The highest BCUT2D eigenvalue weighted by Gasteiger charge is 2.29. The second-order valence-electron chi connectivity index (χ2n) is 8.42. The van der Waals surface area contributed by atoms with Crippen LogP contribution in [0, 0.1) is 5.41 Å². The second-order valence-corrected chi connectivity index (χ2v) is 9.45. The molecule has 2 aromatic heterocycles. The topological polar surface area (TPSA) is 93.1 Å². The molecular weight excluding hydrogens is 388 g/mol. The first-order chi connectivity index (χ1) is 13.7. The van der Waals surface area contributed by atoms with E-state index in [1.165, 1.54) is 17.7 Å². The normalized spacial score (nSPS) is 18.2. The average Bonchev–Trinajstić information content (AvgIpc) is 3.28. The molecule has 2 aromatic rings. The molecule has 0 spiro atoms. The van der Waals surface area contributed by atoms with Crippen molar-refractivity contribution in [1.82, 2.24) is 20.4 Å². The van der Waals surface area contributed by atoms with Gasteiger partial charge in [-0.3, -0.25) is 19.1 Å². The number of thiophene rings is 1. The lowest BCUT2D eigenvalue weighted by atomic mass is 9.75. The summed E-state index contributed by atoms with van der Waals surface area (Å²) >= 11 is 1.55. The Morgan fingerprint density at radius 3 is 2.79 bits per heavy atom. The fourth-order valence-electron chi connectivity index (χ4n) is 3.83. The van der Waals surface area contributed by atoms with Crippen molar-refractivity contribution >= 4 is 28.9 Å². The number of hydrogen-bond donors (Lipinski definition) is 2. The second kappa shape index (κ2) is 8.90. The summed E-state index contributed by atoms with van der Waals surface area (Å²) in [6.45, 7) is 6.16. The fraction of sp³-hybridized carbons (Fsp3) is 0.524. The van der Waals surface area contributed by atoms with Gasteiger partial charge in [0.15, 0.2) is 11.5 Å². The Bertz CT molecular complexity index is 886. The average molecular weight is 417 g/mol. The molecule has 3 rings (SSSR count). The van der Waals surface area contributed by atoms with E-state index in [9.17, 15) is 14.4 Å². The summed E-state index contributed by atoms with van der Waals surface area (Å²) in [4.78, 5) is 38.0. The Balaban J connectivity index is 1.64. The van der Waals surface area contributed by atoms with Crippen molar-refractivity contribution < 1.29 is 14.4 Å². The predicted molar refractivity (Wildman–Crippen MR) is 112 cm³/mol. The van der Waals surface area contributed by atoms with Crippen LogP contribution in [0.15, 0.2) is 23.6 Å². The first-order valence-electron chi connectivity index (χ1n) is 9.92. The Labute approximate surface area is 174 Å². The summed E-state index contributed by atoms with van der Waals surface area (Å²) < 4.78 is 1.33. The highest BCUT2D eigenvalue weighted by Crippen LogP contribution is 2.35. The molecule has 0 aromatic carbocycles. The Hall–Kier alpha value is -2.48. The zero-order valence-electron chi connectivity index (χ0n) is 17.2. The number of Topliss-reactive ketones (excluding diaryl/α,β-unsaturated/α-hetero) is 1. The minimum atomic E-state index is -0.367. The maximum Gasteiger partial charge on any atom is 0.272 e. The third-order valence-corrected chi connectivity index (χ3v) is 6.12. The van der Waals surface area contributed by atoms with E-state index in [2.05, 4.69) is 29.6 Å². The van der Waals surface area contributed by atoms with E-state index in [0.717, 1.165) is 30.6 Å². The molecule has 1 atom stereocenters. The highest BCUT2D eigenvalue weighted by molar-refractivity contribution is 7.09. The lowest BCUT2D eigenvalue weighted by Gasteiger charge is -2.35. The van der Waals surface area contributed by atoms with Gasteiger partial charge in [0.25, 0.3) is 5.91 Å². The minimum Gasteiger partial charge on any atom is -0.352 e. The molecule has 2 amide bonds. The van der Waals surface area contributed by atoms with Crippen molar-refractivity contribution in [3.05, 3.63) is 39.8 Å². The van der Waals surface area contributed by atoms with Crippen LogP contribution < -0.4 is 10.6 Å². The van der Waals surface area contributed by atoms with Crippen molar-refractivity contribution in [3.63, 3.8) is 0 Å². The molecule has 0 aliphatic heterocycles. The van der Waals surface area contributed by atoms with Crippen LogP contribution in [-0.4, -0.2) is 33.4 Å². The summed E-state index contributed by atoms with van der Waals surface area (Å²) in [5.74, 6) is -0.792. The number of nitrogens with one attached hydrogen (secondary N) is 2. The number of ketones is 1. The summed E-state index contributed by atoms with van der Waals surface area (Å²) in [6, 6.07) is 5.43. The summed E-state index contributed by atoms with van der Waals surface area (Å²) in [6.07, 6.45) is 4.15. The van der Waals surface area contributed by atoms with Crippen LogP contribution in [0.4, 0.5) is 0 Å². The van der Waals surface area contributed by atoms with Gasteiger partial charge >= 0.3 is 0 Å². The number of rotatable bonds is 7. The van der Waals surface area contributed by atoms with E-state index in [-0.39, 0.29) is 47.0 Å². The molecular formula is C21H28N4O3S. The third kappa shape index (κ3) is 5.76. The first kappa shape index (κ1) is 21.2. The SMILES string of the molecule is CC(=O)c1cc(C(=O)NCc2cccs2)nn1CC(=O)NC1CCCC(C)(C)C1. The van der Waals surface area contributed by atoms with Crippen LogP contribution >= 0.6 is 11.3 Å². The summed E-state index contributed by atoms with van der Waals surface area (Å²) in [5.41, 5.74) is 0.615. The van der Waals surface area contributed by atoms with E-state index in [1.54, 1.807) is 11.3 Å². The van der Waals surface area contributed by atoms with Gasteiger partial charge in [-0.1, -0.05) is 26.3 Å². The van der Waals surface area contributed by atoms with Crippen LogP contribution in [0.1, 0.15) is 72.3 Å². The van der Waals surface area contributed by atoms with Gasteiger partial charge in [0.2, 0.25) is 5.91 Å². The number of aromatic nitrogens is 2. The van der Waals surface area contributed by atoms with E-state index in [4.69, 9.17) is 0 Å². The Kier molecular flexibility index (Phi) is 6.52. The zero-order valence-corrected chi connectivity index (χ0v) is 18.0. The molecule has 2 N–H and O–H groups in total. The Morgan fingerprint density at radius 1 is 1.34 bits per heavy atom. The summed E-state index contributed by atoms with van der Waals surface area (Å²) in [5, 5.41) is 12.0. The number of carbonyl (C=O) groups excluding carboxylic acids is 3. The zero-order chi connectivity index (χ0) is 21.0. The molecule has 8 heteroatoms. The van der Waals surface area contributed by atoms with Gasteiger partial charge < -0.3 is 10.6 Å². The van der Waals surface area contributed by atoms with Crippen LogP contribution in [0.3, 0.4) is 0 Å². The van der Waals surface area contributed by atoms with Gasteiger partial charge in [-0.15, -0.1) is 11.3 Å². The van der Waals surface area contributed by atoms with Crippen molar-refractivity contribution in [3.8, 4) is 0 Å². The predicted octanol–water partition coefficient (Wildman–Crippen LogP) is 3.16. The van der Waals surface area contributed by atoms with Crippen LogP contribution in [0.25, 0.3) is 0 Å². The summed E-state index contributed by atoms with van der Waals surface area (Å²) in [7, 11) is 0. The van der Waals surface area contributed by atoms with Crippen molar-refractivity contribution in [1.29, 1.82) is 0 Å². The number of amides is 2. The molecule has 2 heterocycles. The molecule has 29 heavy (non-hydrogen) atoms. The molecule has 1 aliphatic carbocycles. The maximum atomic E-state index is 12.5. The molecule has 0 bridgehead atoms. The third-order valence-electron chi connectivity index (χ3n) is 5.24. The quantitative estimate of drug-likeness (QED) is 0.678. The van der Waals surface area contributed by atoms with Crippen molar-refractivity contribution in [2.24, 2.45) is 5.41 Å². The largest absolute Gasteiger partial charge is 0.352 e. The van der Waals surface area contributed by atoms with E-state index in [1.807, 2.05) is 17.5 Å². The monoisotopic (exact) mass is 416 g/mol. The van der Waals surface area contributed by atoms with Crippen LogP contribution in [-0.2, 0) is 17.9 Å². The van der Waals surface area contributed by atoms with Gasteiger partial charge in [-0.25, -0.2) is 0 Å². The van der Waals surface area contributed by atoms with Gasteiger partial charge in [-0.2, -0.15) is 5.10 Å². The molecule has 7 nitrogen and oxygen atoms in total. The smallest absolute Gasteiger partial charge is 0.272 e. The fourth-order valence-corrected chi connectivity index (χ4v) is 4.48. The van der Waals surface area contributed by atoms with Gasteiger partial charge in [-0.05, 0) is 36.1 Å². The van der Waals surface area contributed by atoms with E-state index in [0.29, 0.717) is 6.54 Å². The first-order valence-corrected chi connectivity index (χ1v) is 10.8. The minimum absolute atomic E-state index is 0.0793. The molecule has 1 aliphatic rings. The van der Waals surface area contributed by atoms with E-state index >= 15 is 0 Å². The standard InChI is InChI=1S/C21H28N4O3S/c1-14(26)18-10-17(20(28)22-12-16-7-5-9-29-16)24-25(18)13-19(27)23-15-6-4-8-21(2,3)11-15/h5,7,9-10,15H,4,6,8,11-13H2,1-3H3,(H,22,28)(H,23,27). The molecule has 0 saturated heterocycles. The number of carbonyl (C=O) groups is 3. The van der Waals surface area contributed by atoms with Gasteiger partial charge in [0.05, 0.1) is 6.54 Å². The molecule has 1 saturated carbocycles. The lowest BCUT2D eigenvalue weighted by Crippen LogP contribution is -2.42. The maximum absolute atomic E-state index is 12.5. The van der Waals surface area contributed by atoms with Crippen molar-refractivity contribution in [2.75, 3.05) is 0 Å². The van der Waals surface area contributed by atoms with Crippen LogP contribution in [0.2, 0.25) is 0 Å². The van der Waals surface area contributed by atoms with Gasteiger partial charge in [0, 0.05) is 23.9 Å². The molecule has 156 valence electrons. The van der Waals surface area contributed by atoms with E-state index < -0.39 is 0 Å². The number of hydrogen-bond acceptors (Lipinski definition) is 5. The number of nitrogens with zero attached hydrogens (tertiary/aromatic N) is 2. The molecule has 1 unspecified atom stereocenters. The van der Waals surface area contributed by atoms with Crippen LogP contribution in [0.5, 0.6) is 0 Å².